The van der Waals surface area contributed by atoms with Crippen molar-refractivity contribution in [3.8, 4) is 0 Å². The number of hydrogen-bond donors (Lipinski definition) is 1. The van der Waals surface area contributed by atoms with Crippen LogP contribution in [0.2, 0.25) is 0 Å². The zero-order valence-corrected chi connectivity index (χ0v) is 17.5. The fraction of sp³-hybridized carbons (Fsp3) is 0.542. The van der Waals surface area contributed by atoms with Crippen LogP contribution in [0.4, 0.5) is 0 Å². The first-order valence-corrected chi connectivity index (χ1v) is 10.5. The Hall–Kier alpha value is -1.75. The standard InChI is InChI=1S/C24H34N2O2/c1-4-28-18-24(13-12-21-8-6-5-7-9-21)14-15-26(17-24)20(3)23(27)22-11-10-19(2)25-16-22/h5-11,16,20,23,27H,4,12-15,17-18H2,1-3H3. The van der Waals surface area contributed by atoms with E-state index in [1.54, 1.807) is 6.20 Å². The molecule has 0 amide bonds. The zero-order chi connectivity index (χ0) is 20.0. The van der Waals surface area contributed by atoms with Gasteiger partial charge in [-0.1, -0.05) is 36.4 Å². The summed E-state index contributed by atoms with van der Waals surface area (Å²) < 4.78 is 5.90. The van der Waals surface area contributed by atoms with Gasteiger partial charge in [-0.15, -0.1) is 0 Å². The first-order chi connectivity index (χ1) is 13.5. The summed E-state index contributed by atoms with van der Waals surface area (Å²) in [5.74, 6) is 0. The van der Waals surface area contributed by atoms with Crippen LogP contribution in [-0.4, -0.2) is 47.3 Å². The largest absolute Gasteiger partial charge is 0.387 e. The number of rotatable bonds is 9. The number of benzene rings is 1. The Balaban J connectivity index is 1.66. The molecule has 1 aliphatic rings. The Morgan fingerprint density at radius 2 is 2.00 bits per heavy atom. The molecule has 4 heteroatoms. The number of aromatic nitrogens is 1. The second-order valence-electron chi connectivity index (χ2n) is 8.26. The van der Waals surface area contributed by atoms with E-state index < -0.39 is 6.10 Å². The molecule has 1 aliphatic heterocycles. The first kappa shape index (κ1) is 21.0. The van der Waals surface area contributed by atoms with Crippen molar-refractivity contribution in [2.75, 3.05) is 26.3 Å². The molecule has 1 saturated heterocycles. The monoisotopic (exact) mass is 382 g/mol. The quantitative estimate of drug-likeness (QED) is 0.707. The number of hydrogen-bond acceptors (Lipinski definition) is 4. The molecule has 0 aliphatic carbocycles. The smallest absolute Gasteiger partial charge is 0.0957 e. The Morgan fingerprint density at radius 3 is 2.68 bits per heavy atom. The van der Waals surface area contributed by atoms with Gasteiger partial charge in [-0.2, -0.15) is 0 Å². The van der Waals surface area contributed by atoms with Crippen molar-refractivity contribution in [2.45, 2.75) is 52.2 Å². The molecule has 2 heterocycles. The van der Waals surface area contributed by atoms with E-state index in [0.717, 1.165) is 56.8 Å². The van der Waals surface area contributed by atoms with Crippen LogP contribution in [0.25, 0.3) is 0 Å². The number of ether oxygens (including phenoxy) is 1. The van der Waals surface area contributed by atoms with Crippen LogP contribution in [0, 0.1) is 12.3 Å². The van der Waals surface area contributed by atoms with Gasteiger partial charge < -0.3 is 9.84 Å². The zero-order valence-electron chi connectivity index (χ0n) is 17.5. The number of aliphatic hydroxyl groups excluding tert-OH is 1. The summed E-state index contributed by atoms with van der Waals surface area (Å²) in [5.41, 5.74) is 3.41. The summed E-state index contributed by atoms with van der Waals surface area (Å²) in [4.78, 5) is 6.77. The number of aryl methyl sites for hydroxylation is 2. The van der Waals surface area contributed by atoms with Gasteiger partial charge in [0.25, 0.3) is 0 Å². The van der Waals surface area contributed by atoms with E-state index >= 15 is 0 Å². The minimum absolute atomic E-state index is 0.0599. The van der Waals surface area contributed by atoms with Crippen molar-refractivity contribution in [2.24, 2.45) is 5.41 Å². The number of nitrogens with zero attached hydrogens (tertiary/aromatic N) is 2. The van der Waals surface area contributed by atoms with Gasteiger partial charge in [0.1, 0.15) is 0 Å². The molecule has 0 bridgehead atoms. The van der Waals surface area contributed by atoms with Gasteiger partial charge in [-0.3, -0.25) is 9.88 Å². The minimum Gasteiger partial charge on any atom is -0.387 e. The van der Waals surface area contributed by atoms with Crippen LogP contribution in [0.15, 0.2) is 48.7 Å². The van der Waals surface area contributed by atoms with E-state index in [1.807, 2.05) is 19.1 Å². The molecule has 0 spiro atoms. The summed E-state index contributed by atoms with van der Waals surface area (Å²) in [6, 6.07) is 14.7. The maximum Gasteiger partial charge on any atom is 0.0957 e. The predicted octanol–water partition coefficient (Wildman–Crippen LogP) is 4.17. The summed E-state index contributed by atoms with van der Waals surface area (Å²) in [5, 5.41) is 10.9. The van der Waals surface area contributed by atoms with E-state index in [0.29, 0.717) is 0 Å². The molecule has 0 radical (unpaired) electrons. The predicted molar refractivity (Wildman–Crippen MR) is 113 cm³/mol. The highest BCUT2D eigenvalue weighted by atomic mass is 16.5. The van der Waals surface area contributed by atoms with Crippen molar-refractivity contribution in [1.29, 1.82) is 0 Å². The van der Waals surface area contributed by atoms with Crippen molar-refractivity contribution in [1.82, 2.24) is 9.88 Å². The summed E-state index contributed by atoms with van der Waals surface area (Å²) in [6.45, 7) is 9.67. The van der Waals surface area contributed by atoms with Crippen molar-refractivity contribution in [3.05, 3.63) is 65.5 Å². The fourth-order valence-corrected chi connectivity index (χ4v) is 4.22. The van der Waals surface area contributed by atoms with Gasteiger partial charge in [0.05, 0.1) is 12.7 Å². The normalized spacial score (nSPS) is 22.3. The van der Waals surface area contributed by atoms with Crippen LogP contribution in [0.5, 0.6) is 0 Å². The van der Waals surface area contributed by atoms with Crippen LogP contribution in [-0.2, 0) is 11.2 Å². The SMILES string of the molecule is CCOCC1(CCc2ccccc2)CCN(C(C)C(O)c2ccc(C)nc2)C1. The average molecular weight is 383 g/mol. The first-order valence-electron chi connectivity index (χ1n) is 10.5. The number of pyridine rings is 1. The van der Waals surface area contributed by atoms with E-state index in [-0.39, 0.29) is 11.5 Å². The lowest BCUT2D eigenvalue weighted by Crippen LogP contribution is -2.39. The second kappa shape index (κ2) is 9.64. The van der Waals surface area contributed by atoms with E-state index in [9.17, 15) is 5.11 Å². The van der Waals surface area contributed by atoms with Crippen LogP contribution in [0.1, 0.15) is 49.6 Å². The van der Waals surface area contributed by atoms with Crippen molar-refractivity contribution < 1.29 is 9.84 Å². The third-order valence-corrected chi connectivity index (χ3v) is 6.18. The number of likely N-dealkylation sites (tertiary alicyclic amines) is 1. The molecular weight excluding hydrogens is 348 g/mol. The summed E-state index contributed by atoms with van der Waals surface area (Å²) >= 11 is 0. The summed E-state index contributed by atoms with van der Waals surface area (Å²) in [7, 11) is 0. The highest BCUT2D eigenvalue weighted by Gasteiger charge is 2.41. The van der Waals surface area contributed by atoms with E-state index in [1.165, 1.54) is 5.56 Å². The topological polar surface area (TPSA) is 45.6 Å². The molecule has 1 N–H and O–H groups in total. The lowest BCUT2D eigenvalue weighted by atomic mass is 9.82. The molecule has 1 fully saturated rings. The Labute approximate surface area is 169 Å². The average Bonchev–Trinajstić information content (AvgIpc) is 3.16. The molecule has 3 rings (SSSR count). The Morgan fingerprint density at radius 1 is 1.21 bits per heavy atom. The third kappa shape index (κ3) is 5.19. The molecule has 3 atom stereocenters. The van der Waals surface area contributed by atoms with Crippen LogP contribution in [0.3, 0.4) is 0 Å². The maximum absolute atomic E-state index is 10.9. The Bertz CT molecular complexity index is 719. The minimum atomic E-state index is -0.523. The lowest BCUT2D eigenvalue weighted by Gasteiger charge is -2.33. The van der Waals surface area contributed by atoms with Crippen molar-refractivity contribution in [3.63, 3.8) is 0 Å². The van der Waals surface area contributed by atoms with Crippen LogP contribution < -0.4 is 0 Å². The van der Waals surface area contributed by atoms with Gasteiger partial charge in [-0.05, 0) is 58.2 Å². The van der Waals surface area contributed by atoms with Crippen molar-refractivity contribution >= 4 is 0 Å². The molecule has 3 unspecified atom stereocenters. The van der Waals surface area contributed by atoms with Gasteiger partial charge in [0.15, 0.2) is 0 Å². The van der Waals surface area contributed by atoms with Gasteiger partial charge in [0, 0.05) is 42.1 Å². The molecule has 1 aromatic carbocycles. The summed E-state index contributed by atoms with van der Waals surface area (Å²) in [6.07, 6.45) is 4.58. The maximum atomic E-state index is 10.9. The third-order valence-electron chi connectivity index (χ3n) is 6.18. The molecule has 28 heavy (non-hydrogen) atoms. The lowest BCUT2D eigenvalue weighted by molar-refractivity contribution is 0.0305. The highest BCUT2D eigenvalue weighted by molar-refractivity contribution is 5.18. The number of aliphatic hydroxyl groups is 1. The van der Waals surface area contributed by atoms with Gasteiger partial charge >= 0.3 is 0 Å². The fourth-order valence-electron chi connectivity index (χ4n) is 4.22. The van der Waals surface area contributed by atoms with Gasteiger partial charge in [-0.25, -0.2) is 0 Å². The Kier molecular flexibility index (Phi) is 7.22. The van der Waals surface area contributed by atoms with E-state index in [4.69, 9.17) is 4.74 Å². The molecule has 2 aromatic rings. The molecule has 152 valence electrons. The second-order valence-corrected chi connectivity index (χ2v) is 8.26. The van der Waals surface area contributed by atoms with Gasteiger partial charge in [0.2, 0.25) is 0 Å². The molecular formula is C24H34N2O2. The van der Waals surface area contributed by atoms with E-state index in [2.05, 4.69) is 54.1 Å². The molecule has 1 aromatic heterocycles. The van der Waals surface area contributed by atoms with Crippen LogP contribution >= 0.6 is 0 Å². The highest BCUT2D eigenvalue weighted by Crippen LogP contribution is 2.38. The molecule has 0 saturated carbocycles. The molecule has 4 nitrogen and oxygen atoms in total.